The van der Waals surface area contributed by atoms with Crippen LogP contribution in [-0.2, 0) is 7.05 Å². The highest BCUT2D eigenvalue weighted by Gasteiger charge is 2.19. The van der Waals surface area contributed by atoms with Gasteiger partial charge in [-0.3, -0.25) is 19.5 Å². The van der Waals surface area contributed by atoms with E-state index in [1.54, 1.807) is 34.7 Å². The molecule has 1 N–H and O–H groups in total. The van der Waals surface area contributed by atoms with E-state index in [9.17, 15) is 4.79 Å². The van der Waals surface area contributed by atoms with Crippen LogP contribution in [0.3, 0.4) is 0 Å². The van der Waals surface area contributed by atoms with Crippen molar-refractivity contribution in [3.05, 3.63) is 29.7 Å². The van der Waals surface area contributed by atoms with Crippen LogP contribution < -0.4 is 5.32 Å². The van der Waals surface area contributed by atoms with Crippen LogP contribution in [0.2, 0.25) is 0 Å². The molecule has 0 spiro atoms. The summed E-state index contributed by atoms with van der Waals surface area (Å²) in [6.45, 7) is 5.75. The fourth-order valence-corrected chi connectivity index (χ4v) is 2.20. The lowest BCUT2D eigenvalue weighted by Gasteiger charge is -2.09. The number of nitrogens with one attached hydrogen (secondary N) is 1. The van der Waals surface area contributed by atoms with Gasteiger partial charge in [0.05, 0.1) is 5.69 Å². The second kappa shape index (κ2) is 5.67. The molecule has 23 heavy (non-hydrogen) atoms. The summed E-state index contributed by atoms with van der Waals surface area (Å²) >= 11 is 0. The largest absolute Gasteiger partial charge is 0.401 e. The Morgan fingerprint density at radius 3 is 2.78 bits per heavy atom. The van der Waals surface area contributed by atoms with E-state index in [0.29, 0.717) is 11.4 Å². The Morgan fingerprint density at radius 2 is 2.13 bits per heavy atom. The minimum Gasteiger partial charge on any atom is -0.401 e. The predicted molar refractivity (Wildman–Crippen MR) is 81.8 cm³/mol. The van der Waals surface area contributed by atoms with Gasteiger partial charge in [-0.2, -0.15) is 10.2 Å². The van der Waals surface area contributed by atoms with E-state index >= 15 is 0 Å². The average Bonchev–Trinajstić information content (AvgIpc) is 3.18. The number of carbonyl (C=O) groups is 1. The van der Waals surface area contributed by atoms with Gasteiger partial charge in [-0.25, -0.2) is 0 Å². The Kier molecular flexibility index (Phi) is 3.68. The fourth-order valence-electron chi connectivity index (χ4n) is 2.20. The van der Waals surface area contributed by atoms with Crippen molar-refractivity contribution in [3.8, 4) is 11.6 Å². The van der Waals surface area contributed by atoms with Crippen LogP contribution in [0, 0.1) is 6.92 Å². The van der Waals surface area contributed by atoms with Gasteiger partial charge in [0.25, 0.3) is 11.8 Å². The molecule has 0 aromatic carbocycles. The van der Waals surface area contributed by atoms with Gasteiger partial charge in [0.15, 0.2) is 0 Å². The van der Waals surface area contributed by atoms with Gasteiger partial charge in [0, 0.05) is 19.3 Å². The lowest BCUT2D eigenvalue weighted by molar-refractivity contribution is 0.101. The number of rotatable bonds is 4. The van der Waals surface area contributed by atoms with E-state index in [-0.39, 0.29) is 23.9 Å². The Balaban J connectivity index is 1.82. The molecule has 3 rings (SSSR count). The van der Waals surface area contributed by atoms with Crippen molar-refractivity contribution in [2.75, 3.05) is 5.32 Å². The maximum atomic E-state index is 12.4. The first kappa shape index (κ1) is 14.9. The molecule has 0 atom stereocenters. The predicted octanol–water partition coefficient (Wildman–Crippen LogP) is 1.81. The summed E-state index contributed by atoms with van der Waals surface area (Å²) in [5.74, 6) is -0.0617. The smallest absolute Gasteiger partial charge is 0.322 e. The summed E-state index contributed by atoms with van der Waals surface area (Å²) in [6, 6.07) is 3.56. The number of nitrogens with zero attached hydrogens (tertiary/aromatic N) is 6. The van der Waals surface area contributed by atoms with Crippen LogP contribution >= 0.6 is 0 Å². The van der Waals surface area contributed by atoms with E-state index in [2.05, 4.69) is 25.7 Å². The number of hydrogen-bond acceptors (Lipinski definition) is 6. The second-order valence-electron chi connectivity index (χ2n) is 5.42. The molecule has 0 radical (unpaired) electrons. The quantitative estimate of drug-likeness (QED) is 0.787. The molecule has 120 valence electrons. The Morgan fingerprint density at radius 1 is 1.35 bits per heavy atom. The van der Waals surface area contributed by atoms with E-state index in [0.717, 1.165) is 5.69 Å². The van der Waals surface area contributed by atoms with Crippen LogP contribution in [0.25, 0.3) is 11.6 Å². The fraction of sp³-hybridized carbons (Fsp3) is 0.357. The van der Waals surface area contributed by atoms with Crippen LogP contribution in [0.1, 0.15) is 36.1 Å². The van der Waals surface area contributed by atoms with Crippen molar-refractivity contribution in [1.29, 1.82) is 0 Å². The van der Waals surface area contributed by atoms with Crippen molar-refractivity contribution >= 4 is 11.9 Å². The number of carbonyl (C=O) groups excluding carboxylic acids is 1. The third-order valence-electron chi connectivity index (χ3n) is 3.27. The van der Waals surface area contributed by atoms with Crippen molar-refractivity contribution in [2.24, 2.45) is 7.05 Å². The van der Waals surface area contributed by atoms with Gasteiger partial charge in [0.1, 0.15) is 11.4 Å². The molecule has 9 nitrogen and oxygen atoms in total. The highest BCUT2D eigenvalue weighted by molar-refractivity contribution is 6.02. The van der Waals surface area contributed by atoms with Crippen LogP contribution in [-0.4, -0.2) is 35.7 Å². The summed E-state index contributed by atoms with van der Waals surface area (Å²) in [5.41, 5.74) is 1.88. The van der Waals surface area contributed by atoms with E-state index < -0.39 is 0 Å². The third kappa shape index (κ3) is 2.85. The molecule has 1 amide bonds. The molecule has 0 unspecified atom stereocenters. The Bertz CT molecular complexity index is 843. The normalized spacial score (nSPS) is 11.2. The molecule has 3 aromatic heterocycles. The summed E-state index contributed by atoms with van der Waals surface area (Å²) in [7, 11) is 1.77. The lowest BCUT2D eigenvalue weighted by atomic mass is 10.3. The van der Waals surface area contributed by atoms with E-state index in [1.165, 1.54) is 0 Å². The number of anilines is 1. The molecule has 0 aliphatic heterocycles. The van der Waals surface area contributed by atoms with Crippen molar-refractivity contribution in [3.63, 3.8) is 0 Å². The lowest BCUT2D eigenvalue weighted by Crippen LogP contribution is -2.19. The Hall–Kier alpha value is -2.97. The molecule has 0 aliphatic rings. The van der Waals surface area contributed by atoms with Gasteiger partial charge >= 0.3 is 6.01 Å². The monoisotopic (exact) mass is 315 g/mol. The number of hydrogen-bond donors (Lipinski definition) is 1. The summed E-state index contributed by atoms with van der Waals surface area (Å²) < 4.78 is 8.73. The maximum absolute atomic E-state index is 12.4. The highest BCUT2D eigenvalue weighted by atomic mass is 16.4. The van der Waals surface area contributed by atoms with Gasteiger partial charge in [-0.05, 0) is 32.9 Å². The second-order valence-corrected chi connectivity index (χ2v) is 5.42. The molecule has 3 heterocycles. The van der Waals surface area contributed by atoms with Gasteiger partial charge < -0.3 is 4.42 Å². The summed E-state index contributed by atoms with van der Waals surface area (Å²) in [6.07, 6.45) is 1.63. The average molecular weight is 315 g/mol. The summed E-state index contributed by atoms with van der Waals surface area (Å²) in [4.78, 5) is 12.4. The topological polar surface area (TPSA) is 104 Å². The summed E-state index contributed by atoms with van der Waals surface area (Å²) in [5, 5.41) is 18.7. The number of aryl methyl sites for hydroxylation is 2. The Labute approximate surface area is 132 Å². The minimum atomic E-state index is -0.348. The zero-order chi connectivity index (χ0) is 16.6. The van der Waals surface area contributed by atoms with Crippen molar-refractivity contribution in [1.82, 2.24) is 29.8 Å². The highest BCUT2D eigenvalue weighted by Crippen LogP contribution is 2.19. The van der Waals surface area contributed by atoms with Crippen LogP contribution in [0.5, 0.6) is 0 Å². The molecule has 0 saturated heterocycles. The first-order valence-corrected chi connectivity index (χ1v) is 7.15. The zero-order valence-electron chi connectivity index (χ0n) is 13.3. The SMILES string of the molecule is Cc1cc(C(=O)Nc2nnc(-c3ccnn3C)o2)n(C(C)C)n1. The van der Waals surface area contributed by atoms with Crippen molar-refractivity contribution in [2.45, 2.75) is 26.8 Å². The van der Waals surface area contributed by atoms with Crippen LogP contribution in [0.15, 0.2) is 22.7 Å². The zero-order valence-corrected chi connectivity index (χ0v) is 13.3. The molecule has 3 aromatic rings. The van der Waals surface area contributed by atoms with Gasteiger partial charge in [0.2, 0.25) is 0 Å². The maximum Gasteiger partial charge on any atom is 0.322 e. The molecule has 0 bridgehead atoms. The van der Waals surface area contributed by atoms with Crippen molar-refractivity contribution < 1.29 is 9.21 Å². The van der Waals surface area contributed by atoms with E-state index in [4.69, 9.17) is 4.42 Å². The first-order valence-electron chi connectivity index (χ1n) is 7.15. The minimum absolute atomic E-state index is 0.0281. The van der Waals surface area contributed by atoms with Crippen LogP contribution in [0.4, 0.5) is 6.01 Å². The molecular formula is C14H17N7O2. The first-order chi connectivity index (χ1) is 11.0. The molecule has 0 fully saturated rings. The van der Waals surface area contributed by atoms with Gasteiger partial charge in [-0.1, -0.05) is 5.10 Å². The molecule has 0 saturated carbocycles. The van der Waals surface area contributed by atoms with Gasteiger partial charge in [-0.15, -0.1) is 5.10 Å². The third-order valence-corrected chi connectivity index (χ3v) is 3.27. The van der Waals surface area contributed by atoms with E-state index in [1.807, 2.05) is 20.8 Å². The molecule has 9 heteroatoms. The standard InChI is InChI=1S/C14H17N7O2/c1-8(2)21-11(7-9(3)19-21)12(22)16-14-18-17-13(23-14)10-5-6-15-20(10)4/h5-8H,1-4H3,(H,16,18,22). The number of aromatic nitrogens is 6. The molecule has 0 aliphatic carbocycles. The number of amides is 1. The molecular weight excluding hydrogens is 298 g/mol.